The summed E-state index contributed by atoms with van der Waals surface area (Å²) in [6.45, 7) is 0. The van der Waals surface area contributed by atoms with Gasteiger partial charge in [-0.2, -0.15) is 0 Å². The first-order valence-corrected chi connectivity index (χ1v) is 10.2. The minimum atomic E-state index is -0.174. The highest BCUT2D eigenvalue weighted by molar-refractivity contribution is 5.58. The van der Waals surface area contributed by atoms with E-state index in [0.29, 0.717) is 12.8 Å². The molecule has 0 amide bonds. The first-order chi connectivity index (χ1) is 15.1. The highest BCUT2D eigenvalue weighted by atomic mass is 16.3. The number of imidazole rings is 1. The molecule has 0 saturated carbocycles. The number of hydrogen-bond acceptors (Lipinski definition) is 4. The van der Waals surface area contributed by atoms with Crippen LogP contribution in [0, 0.1) is 11.8 Å². The standard InChI is InChI=1S/C25H22N4O2/c1-28-12-11-26-24(28)15-19-14-23-21(13-17-5-3-2-4-6-17)27-22(16-29(23)25(19)31)18-7-9-20(30)10-8-18/h2-12,14,16,19,30H,13,15H2,1H3/p+1. The van der Waals surface area contributed by atoms with E-state index in [9.17, 15) is 10.2 Å². The Morgan fingerprint density at radius 3 is 2.52 bits per heavy atom. The molecular weight excluding hydrogens is 388 g/mol. The molecule has 2 N–H and O–H groups in total. The lowest BCUT2D eigenvalue weighted by atomic mass is 10.0. The maximum absolute atomic E-state index is 11.1. The Morgan fingerprint density at radius 1 is 1.03 bits per heavy atom. The molecule has 0 aliphatic carbocycles. The van der Waals surface area contributed by atoms with E-state index < -0.39 is 0 Å². The molecule has 0 spiro atoms. The summed E-state index contributed by atoms with van der Waals surface area (Å²) in [5.41, 5.74) is 3.67. The third kappa shape index (κ3) is 3.68. The van der Waals surface area contributed by atoms with E-state index in [1.165, 1.54) is 0 Å². The summed E-state index contributed by atoms with van der Waals surface area (Å²) < 4.78 is 3.81. The second-order valence-electron chi connectivity index (χ2n) is 7.83. The molecular formula is C25H23N4O2+. The average molecular weight is 411 g/mol. The van der Waals surface area contributed by atoms with Crippen molar-refractivity contribution in [3.05, 3.63) is 102 Å². The quantitative estimate of drug-likeness (QED) is 0.495. The summed E-state index contributed by atoms with van der Waals surface area (Å²) in [7, 11) is 1.96. The van der Waals surface area contributed by atoms with Crippen molar-refractivity contribution in [3.63, 3.8) is 0 Å². The number of phenols is 1. The van der Waals surface area contributed by atoms with Crippen LogP contribution in [0.25, 0.3) is 17.3 Å². The Bertz CT molecular complexity index is 1360. The van der Waals surface area contributed by atoms with Crippen molar-refractivity contribution in [2.24, 2.45) is 13.0 Å². The van der Waals surface area contributed by atoms with Gasteiger partial charge in [0.2, 0.25) is 11.5 Å². The van der Waals surface area contributed by atoms with Crippen LogP contribution >= 0.6 is 0 Å². The molecule has 5 rings (SSSR count). The molecule has 31 heavy (non-hydrogen) atoms. The lowest BCUT2D eigenvalue weighted by molar-refractivity contribution is -0.556. The number of phenolic OH excluding ortho intramolecular Hbond substituents is 1. The Balaban J connectivity index is 1.64. The number of hydrogen-bond donors (Lipinski definition) is 2. The van der Waals surface area contributed by atoms with Crippen LogP contribution in [0.3, 0.4) is 0 Å². The molecule has 4 aromatic rings. The zero-order valence-corrected chi connectivity index (χ0v) is 17.2. The molecule has 1 atom stereocenters. The number of aliphatic hydroxyl groups is 1. The van der Waals surface area contributed by atoms with E-state index in [-0.39, 0.29) is 17.6 Å². The molecule has 0 bridgehead atoms. The smallest absolute Gasteiger partial charge is 0.353 e. The molecule has 1 aliphatic heterocycles. The third-order valence-electron chi connectivity index (χ3n) is 5.70. The Morgan fingerprint density at radius 2 is 1.81 bits per heavy atom. The normalized spacial score (nSPS) is 15.0. The van der Waals surface area contributed by atoms with Crippen molar-refractivity contribution in [1.29, 1.82) is 0 Å². The van der Waals surface area contributed by atoms with Crippen LogP contribution in [-0.4, -0.2) is 24.7 Å². The van der Waals surface area contributed by atoms with E-state index >= 15 is 0 Å². The summed E-state index contributed by atoms with van der Waals surface area (Å²) in [6, 6.07) is 17.1. The molecule has 0 radical (unpaired) electrons. The van der Waals surface area contributed by atoms with Crippen LogP contribution in [0.5, 0.6) is 5.75 Å². The van der Waals surface area contributed by atoms with Crippen LogP contribution in [0.2, 0.25) is 0 Å². The summed E-state index contributed by atoms with van der Waals surface area (Å²) in [5.74, 6) is 1.22. The average Bonchev–Trinajstić information content (AvgIpc) is 3.33. The first kappa shape index (κ1) is 19.1. The van der Waals surface area contributed by atoms with E-state index in [2.05, 4.69) is 23.2 Å². The fourth-order valence-corrected chi connectivity index (χ4v) is 4.00. The number of nitrogens with zero attached hydrogens (tertiary/aromatic N) is 4. The van der Waals surface area contributed by atoms with Gasteiger partial charge in [0.1, 0.15) is 28.9 Å². The van der Waals surface area contributed by atoms with Crippen LogP contribution in [0.1, 0.15) is 17.1 Å². The number of aliphatic hydroxyl groups excluding tert-OH is 1. The van der Waals surface area contributed by atoms with Crippen LogP contribution < -0.4 is 9.59 Å². The van der Waals surface area contributed by atoms with Gasteiger partial charge in [-0.1, -0.05) is 30.3 Å². The SMILES string of the molecule is Cn1ccnc1CC1C=c2c(Cc3ccccc3)nc(-c3ccc(O)cc3)c[n+]2=C1O. The van der Waals surface area contributed by atoms with E-state index in [1.54, 1.807) is 18.3 Å². The van der Waals surface area contributed by atoms with Crippen molar-refractivity contribution < 1.29 is 14.5 Å². The largest absolute Gasteiger partial charge is 0.508 e. The van der Waals surface area contributed by atoms with E-state index in [4.69, 9.17) is 4.98 Å². The maximum Gasteiger partial charge on any atom is 0.353 e. The Hall–Kier alpha value is -3.93. The van der Waals surface area contributed by atoms with Gasteiger partial charge in [-0.25, -0.2) is 9.97 Å². The summed E-state index contributed by atoms with van der Waals surface area (Å²) in [4.78, 5) is 9.35. The van der Waals surface area contributed by atoms with Gasteiger partial charge in [-0.15, -0.1) is 4.24 Å². The van der Waals surface area contributed by atoms with Gasteiger partial charge in [0.15, 0.2) is 0 Å². The number of aromatic hydroxyl groups is 1. The van der Waals surface area contributed by atoms with E-state index in [1.807, 2.05) is 58.6 Å². The summed E-state index contributed by atoms with van der Waals surface area (Å²) in [6.07, 6.45) is 8.88. The molecule has 3 heterocycles. The molecule has 2 aromatic carbocycles. The Kier molecular flexibility index (Phi) is 4.75. The van der Waals surface area contributed by atoms with Crippen LogP contribution in [-0.2, 0) is 19.9 Å². The Labute approximate surface area is 179 Å². The highest BCUT2D eigenvalue weighted by Gasteiger charge is 2.30. The predicted octanol–water partition coefficient (Wildman–Crippen LogP) is 2.61. The number of benzene rings is 2. The van der Waals surface area contributed by atoms with Gasteiger partial charge in [0, 0.05) is 43.9 Å². The van der Waals surface area contributed by atoms with Gasteiger partial charge in [0.05, 0.1) is 0 Å². The van der Waals surface area contributed by atoms with Gasteiger partial charge in [-0.05, 0) is 29.8 Å². The monoisotopic (exact) mass is 411 g/mol. The fourth-order valence-electron chi connectivity index (χ4n) is 4.00. The van der Waals surface area contributed by atoms with Crippen molar-refractivity contribution in [3.8, 4) is 17.0 Å². The molecule has 6 heteroatoms. The van der Waals surface area contributed by atoms with Gasteiger partial charge >= 0.3 is 5.90 Å². The lowest BCUT2D eigenvalue weighted by Gasteiger charge is -2.04. The molecule has 0 saturated heterocycles. The van der Waals surface area contributed by atoms with Crippen molar-refractivity contribution >= 4 is 6.08 Å². The molecule has 6 nitrogen and oxygen atoms in total. The number of aryl methyl sites for hydroxylation is 1. The van der Waals surface area contributed by atoms with Gasteiger partial charge < -0.3 is 14.8 Å². The number of fused-ring (bicyclic) bond motifs is 1. The zero-order chi connectivity index (χ0) is 21.4. The van der Waals surface area contributed by atoms with Gasteiger partial charge in [-0.3, -0.25) is 0 Å². The van der Waals surface area contributed by atoms with Crippen LogP contribution in [0.4, 0.5) is 0 Å². The molecule has 1 aliphatic rings. The minimum Gasteiger partial charge on any atom is -0.508 e. The zero-order valence-electron chi connectivity index (χ0n) is 17.2. The summed E-state index contributed by atoms with van der Waals surface area (Å²) >= 11 is 0. The van der Waals surface area contributed by atoms with Crippen molar-refractivity contribution in [1.82, 2.24) is 14.5 Å². The predicted molar refractivity (Wildman–Crippen MR) is 117 cm³/mol. The van der Waals surface area contributed by atoms with Gasteiger partial charge in [0.25, 0.3) is 0 Å². The minimum absolute atomic E-state index is 0.174. The molecule has 2 aromatic heterocycles. The van der Waals surface area contributed by atoms with Crippen LogP contribution in [0.15, 0.2) is 73.2 Å². The highest BCUT2D eigenvalue weighted by Crippen LogP contribution is 2.21. The number of rotatable bonds is 5. The molecule has 1 unspecified atom stereocenters. The fraction of sp³-hybridized carbons (Fsp3) is 0.160. The second kappa shape index (κ2) is 7.72. The topological polar surface area (TPSA) is 77.1 Å². The molecule has 154 valence electrons. The third-order valence-corrected chi connectivity index (χ3v) is 5.70. The molecule has 0 fully saturated rings. The summed E-state index contributed by atoms with van der Waals surface area (Å²) in [5, 5.41) is 21.6. The van der Waals surface area contributed by atoms with Crippen molar-refractivity contribution in [2.75, 3.05) is 0 Å². The second-order valence-corrected chi connectivity index (χ2v) is 7.83. The first-order valence-electron chi connectivity index (χ1n) is 10.2. The number of aromatic nitrogens is 4. The van der Waals surface area contributed by atoms with Crippen molar-refractivity contribution in [2.45, 2.75) is 12.8 Å². The maximum atomic E-state index is 11.1. The van der Waals surface area contributed by atoms with E-state index in [0.717, 1.165) is 33.7 Å². The lowest BCUT2D eigenvalue weighted by Crippen LogP contribution is -2.41.